The minimum atomic E-state index is -4.08. The molecular formula is C7H13F3N2. The third-order valence-electron chi connectivity index (χ3n) is 2.15. The molecule has 0 radical (unpaired) electrons. The molecule has 0 aromatic heterocycles. The molecule has 0 aromatic rings. The fourth-order valence-corrected chi connectivity index (χ4v) is 1.41. The van der Waals surface area contributed by atoms with E-state index in [4.69, 9.17) is 0 Å². The second-order valence-electron chi connectivity index (χ2n) is 3.08. The highest BCUT2D eigenvalue weighted by Gasteiger charge is 2.42. The fourth-order valence-electron chi connectivity index (χ4n) is 1.41. The van der Waals surface area contributed by atoms with Gasteiger partial charge in [0.25, 0.3) is 0 Å². The summed E-state index contributed by atoms with van der Waals surface area (Å²) in [5.74, 6) is 0. The molecule has 0 spiro atoms. The van der Waals surface area contributed by atoms with E-state index in [9.17, 15) is 13.2 Å². The molecule has 0 bridgehead atoms. The summed E-state index contributed by atoms with van der Waals surface area (Å²) < 4.78 is 36.9. The molecular weight excluding hydrogens is 169 g/mol. The van der Waals surface area contributed by atoms with Crippen LogP contribution in [0.2, 0.25) is 0 Å². The van der Waals surface area contributed by atoms with Crippen molar-refractivity contribution in [1.29, 1.82) is 0 Å². The Morgan fingerprint density at radius 3 is 2.58 bits per heavy atom. The quantitative estimate of drug-likeness (QED) is 0.597. The van der Waals surface area contributed by atoms with E-state index in [0.29, 0.717) is 19.6 Å². The van der Waals surface area contributed by atoms with Crippen molar-refractivity contribution >= 4 is 0 Å². The van der Waals surface area contributed by atoms with Gasteiger partial charge in [0.1, 0.15) is 6.04 Å². The zero-order valence-electron chi connectivity index (χ0n) is 6.99. The lowest BCUT2D eigenvalue weighted by Crippen LogP contribution is -2.43. The molecule has 1 aliphatic heterocycles. The molecule has 1 rings (SSSR count). The Balaban J connectivity index is 2.59. The van der Waals surface area contributed by atoms with Crippen LogP contribution in [0.3, 0.4) is 0 Å². The van der Waals surface area contributed by atoms with Crippen molar-refractivity contribution in [2.75, 3.05) is 26.7 Å². The predicted octanol–water partition coefficient (Wildman–Crippen LogP) is 0.842. The summed E-state index contributed by atoms with van der Waals surface area (Å²) >= 11 is 0. The maximum atomic E-state index is 12.3. The van der Waals surface area contributed by atoms with Crippen LogP contribution in [0.15, 0.2) is 0 Å². The van der Waals surface area contributed by atoms with Gasteiger partial charge in [0.05, 0.1) is 0 Å². The first-order valence-electron chi connectivity index (χ1n) is 3.99. The van der Waals surface area contributed by atoms with Crippen molar-refractivity contribution in [1.82, 2.24) is 10.2 Å². The summed E-state index contributed by atoms with van der Waals surface area (Å²) in [4.78, 5) is 1.36. The van der Waals surface area contributed by atoms with Gasteiger partial charge in [-0.1, -0.05) is 0 Å². The van der Waals surface area contributed by atoms with Crippen LogP contribution in [-0.2, 0) is 0 Å². The number of nitrogens with zero attached hydrogens (tertiary/aromatic N) is 1. The summed E-state index contributed by atoms with van der Waals surface area (Å²) in [6, 6.07) is -1.27. The molecule has 1 saturated heterocycles. The molecule has 1 atom stereocenters. The van der Waals surface area contributed by atoms with Gasteiger partial charge in [-0.2, -0.15) is 13.2 Å². The Bertz CT molecular complexity index is 146. The highest BCUT2D eigenvalue weighted by molar-refractivity contribution is 4.80. The molecule has 2 nitrogen and oxygen atoms in total. The van der Waals surface area contributed by atoms with Crippen LogP contribution < -0.4 is 5.32 Å². The van der Waals surface area contributed by atoms with Crippen LogP contribution in [-0.4, -0.2) is 43.8 Å². The van der Waals surface area contributed by atoms with Gasteiger partial charge in [-0.3, -0.25) is 4.90 Å². The molecule has 1 fully saturated rings. The van der Waals surface area contributed by atoms with Gasteiger partial charge in [0, 0.05) is 13.1 Å². The van der Waals surface area contributed by atoms with Crippen molar-refractivity contribution in [2.24, 2.45) is 0 Å². The topological polar surface area (TPSA) is 15.3 Å². The predicted molar refractivity (Wildman–Crippen MR) is 40.0 cm³/mol. The minimum Gasteiger partial charge on any atom is -0.315 e. The molecule has 5 heteroatoms. The smallest absolute Gasteiger partial charge is 0.315 e. The standard InChI is InChI=1S/C7H13F3N2/c1-12-5-4-11-3-2-6(12)7(8,9)10/h6,11H,2-5H2,1H3. The van der Waals surface area contributed by atoms with Crippen LogP contribution in [0, 0.1) is 0 Å². The molecule has 72 valence electrons. The van der Waals surface area contributed by atoms with Crippen LogP contribution >= 0.6 is 0 Å². The zero-order chi connectivity index (χ0) is 9.19. The van der Waals surface area contributed by atoms with E-state index >= 15 is 0 Å². The average molecular weight is 182 g/mol. The average Bonchev–Trinajstić information content (AvgIpc) is 2.11. The maximum absolute atomic E-state index is 12.3. The number of nitrogens with one attached hydrogen (secondary N) is 1. The molecule has 1 heterocycles. The van der Waals surface area contributed by atoms with Gasteiger partial charge in [-0.25, -0.2) is 0 Å². The Hall–Kier alpha value is -0.290. The lowest BCUT2D eigenvalue weighted by Gasteiger charge is -2.27. The van der Waals surface area contributed by atoms with Gasteiger partial charge >= 0.3 is 6.18 Å². The summed E-state index contributed by atoms with van der Waals surface area (Å²) in [5, 5.41) is 2.94. The van der Waals surface area contributed by atoms with Gasteiger partial charge < -0.3 is 5.32 Å². The zero-order valence-corrected chi connectivity index (χ0v) is 6.99. The number of halogens is 3. The van der Waals surface area contributed by atoms with E-state index in [-0.39, 0.29) is 6.42 Å². The van der Waals surface area contributed by atoms with Crippen LogP contribution in [0.4, 0.5) is 13.2 Å². The van der Waals surface area contributed by atoms with E-state index in [1.54, 1.807) is 0 Å². The Kier molecular flexibility index (Phi) is 2.95. The van der Waals surface area contributed by atoms with Gasteiger partial charge in [0.2, 0.25) is 0 Å². The first-order chi connectivity index (χ1) is 5.52. The van der Waals surface area contributed by atoms with E-state index in [0.717, 1.165) is 0 Å². The van der Waals surface area contributed by atoms with Crippen LogP contribution in [0.1, 0.15) is 6.42 Å². The van der Waals surface area contributed by atoms with Crippen molar-refractivity contribution in [3.05, 3.63) is 0 Å². The van der Waals surface area contributed by atoms with Crippen molar-refractivity contribution < 1.29 is 13.2 Å². The lowest BCUT2D eigenvalue weighted by atomic mass is 10.2. The second kappa shape index (κ2) is 3.62. The van der Waals surface area contributed by atoms with Gasteiger partial charge in [0.15, 0.2) is 0 Å². The highest BCUT2D eigenvalue weighted by Crippen LogP contribution is 2.26. The molecule has 1 N–H and O–H groups in total. The van der Waals surface area contributed by atoms with E-state index in [1.807, 2.05) is 0 Å². The van der Waals surface area contributed by atoms with E-state index in [1.165, 1.54) is 11.9 Å². The molecule has 12 heavy (non-hydrogen) atoms. The third-order valence-corrected chi connectivity index (χ3v) is 2.15. The minimum absolute atomic E-state index is 0.153. The van der Waals surface area contributed by atoms with E-state index in [2.05, 4.69) is 5.32 Å². The third kappa shape index (κ3) is 2.35. The first-order valence-corrected chi connectivity index (χ1v) is 3.99. The SMILES string of the molecule is CN1CCNCCC1C(F)(F)F. The molecule has 1 aliphatic rings. The number of hydrogen-bond donors (Lipinski definition) is 1. The molecule has 0 saturated carbocycles. The second-order valence-corrected chi connectivity index (χ2v) is 3.08. The normalized spacial score (nSPS) is 28.5. The van der Waals surface area contributed by atoms with Gasteiger partial charge in [-0.05, 0) is 20.0 Å². The number of hydrogen-bond acceptors (Lipinski definition) is 2. The largest absolute Gasteiger partial charge is 0.404 e. The molecule has 0 aliphatic carbocycles. The summed E-state index contributed by atoms with van der Waals surface area (Å²) in [6.07, 6.45) is -3.93. The fraction of sp³-hybridized carbons (Fsp3) is 1.00. The van der Waals surface area contributed by atoms with Gasteiger partial charge in [-0.15, -0.1) is 0 Å². The molecule has 0 amide bonds. The Morgan fingerprint density at radius 2 is 2.00 bits per heavy atom. The highest BCUT2D eigenvalue weighted by atomic mass is 19.4. The summed E-state index contributed by atoms with van der Waals surface area (Å²) in [6.45, 7) is 1.56. The number of rotatable bonds is 0. The van der Waals surface area contributed by atoms with Crippen molar-refractivity contribution in [3.63, 3.8) is 0 Å². The first kappa shape index (κ1) is 9.80. The Morgan fingerprint density at radius 1 is 1.33 bits per heavy atom. The molecule has 0 aromatic carbocycles. The summed E-state index contributed by atoms with van der Waals surface area (Å²) in [5.41, 5.74) is 0. The van der Waals surface area contributed by atoms with Crippen molar-refractivity contribution in [2.45, 2.75) is 18.6 Å². The summed E-state index contributed by atoms with van der Waals surface area (Å²) in [7, 11) is 1.52. The molecule has 1 unspecified atom stereocenters. The van der Waals surface area contributed by atoms with E-state index < -0.39 is 12.2 Å². The van der Waals surface area contributed by atoms with Crippen LogP contribution in [0.5, 0.6) is 0 Å². The maximum Gasteiger partial charge on any atom is 0.404 e. The van der Waals surface area contributed by atoms with Crippen LogP contribution in [0.25, 0.3) is 0 Å². The lowest BCUT2D eigenvalue weighted by molar-refractivity contribution is -0.179. The number of likely N-dealkylation sites (N-methyl/N-ethyl adjacent to an activating group) is 1. The van der Waals surface area contributed by atoms with Crippen molar-refractivity contribution in [3.8, 4) is 0 Å². The Labute approximate surface area is 69.7 Å². The monoisotopic (exact) mass is 182 g/mol. The number of alkyl halides is 3.